The number of aliphatic hydroxyl groups excluding tert-OH is 1. The third kappa shape index (κ3) is 2.92. The fourth-order valence-electron chi connectivity index (χ4n) is 1.82. The van der Waals surface area contributed by atoms with Gasteiger partial charge in [-0.2, -0.15) is 0 Å². The molecule has 1 aliphatic heterocycles. The van der Waals surface area contributed by atoms with Crippen molar-refractivity contribution in [3.05, 3.63) is 0 Å². The van der Waals surface area contributed by atoms with Crippen molar-refractivity contribution in [2.24, 2.45) is 5.92 Å². The fraction of sp³-hybridized carbons (Fsp3) is 0.909. The van der Waals surface area contributed by atoms with Crippen molar-refractivity contribution in [3.8, 4) is 0 Å². The van der Waals surface area contributed by atoms with Gasteiger partial charge in [-0.05, 0) is 39.7 Å². The summed E-state index contributed by atoms with van der Waals surface area (Å²) in [7, 11) is 1.80. The summed E-state index contributed by atoms with van der Waals surface area (Å²) in [4.78, 5) is 13.9. The van der Waals surface area contributed by atoms with E-state index < -0.39 is 5.54 Å². The number of amides is 1. The maximum Gasteiger partial charge on any atom is 0.242 e. The number of likely N-dealkylation sites (N-methyl/N-ethyl adjacent to an activating group) is 1. The van der Waals surface area contributed by atoms with E-state index in [2.05, 4.69) is 5.32 Å². The Bertz CT molecular complexity index is 221. The van der Waals surface area contributed by atoms with E-state index in [9.17, 15) is 4.79 Å². The molecular weight excluding hydrogens is 192 g/mol. The van der Waals surface area contributed by atoms with Crippen molar-refractivity contribution in [1.82, 2.24) is 10.2 Å². The maximum atomic E-state index is 12.0. The molecule has 88 valence electrons. The van der Waals surface area contributed by atoms with Gasteiger partial charge in [-0.15, -0.1) is 0 Å². The third-order valence-corrected chi connectivity index (χ3v) is 3.32. The molecule has 0 atom stereocenters. The lowest BCUT2D eigenvalue weighted by atomic mass is 9.95. The second-order valence-corrected chi connectivity index (χ2v) is 4.79. The van der Waals surface area contributed by atoms with E-state index in [-0.39, 0.29) is 12.5 Å². The van der Waals surface area contributed by atoms with Crippen molar-refractivity contribution < 1.29 is 9.90 Å². The highest BCUT2D eigenvalue weighted by Gasteiger charge is 2.32. The van der Waals surface area contributed by atoms with Gasteiger partial charge in [0, 0.05) is 19.7 Å². The predicted molar refractivity (Wildman–Crippen MR) is 59.5 cm³/mol. The Kier molecular flexibility index (Phi) is 4.11. The lowest BCUT2D eigenvalue weighted by Gasteiger charge is -2.36. The summed E-state index contributed by atoms with van der Waals surface area (Å²) in [5.41, 5.74) is -0.480. The summed E-state index contributed by atoms with van der Waals surface area (Å²) in [6.45, 7) is 5.59. The number of nitrogens with zero attached hydrogens (tertiary/aromatic N) is 1. The Hall–Kier alpha value is -0.610. The summed E-state index contributed by atoms with van der Waals surface area (Å²) >= 11 is 0. The first-order valence-electron chi connectivity index (χ1n) is 5.60. The summed E-state index contributed by atoms with van der Waals surface area (Å²) in [5.74, 6) is 0.535. The minimum absolute atomic E-state index is 0.154. The van der Waals surface area contributed by atoms with E-state index in [4.69, 9.17) is 5.11 Å². The topological polar surface area (TPSA) is 52.6 Å². The van der Waals surface area contributed by atoms with E-state index in [0.29, 0.717) is 5.92 Å². The molecule has 0 aliphatic carbocycles. The van der Waals surface area contributed by atoms with Crippen LogP contribution in [0.15, 0.2) is 0 Å². The van der Waals surface area contributed by atoms with E-state index >= 15 is 0 Å². The van der Waals surface area contributed by atoms with E-state index in [1.54, 1.807) is 7.05 Å². The Morgan fingerprint density at radius 1 is 1.47 bits per heavy atom. The fourth-order valence-corrected chi connectivity index (χ4v) is 1.82. The van der Waals surface area contributed by atoms with Gasteiger partial charge >= 0.3 is 0 Å². The van der Waals surface area contributed by atoms with Crippen LogP contribution < -0.4 is 5.32 Å². The largest absolute Gasteiger partial charge is 0.396 e. The Morgan fingerprint density at radius 3 is 2.40 bits per heavy atom. The highest BCUT2D eigenvalue weighted by atomic mass is 16.3. The zero-order valence-corrected chi connectivity index (χ0v) is 9.92. The van der Waals surface area contributed by atoms with Crippen LogP contribution in [0.1, 0.15) is 26.7 Å². The third-order valence-electron chi connectivity index (χ3n) is 3.32. The van der Waals surface area contributed by atoms with Crippen molar-refractivity contribution in [2.45, 2.75) is 32.2 Å². The smallest absolute Gasteiger partial charge is 0.242 e. The van der Waals surface area contributed by atoms with Gasteiger partial charge in [0.2, 0.25) is 5.91 Å². The molecule has 15 heavy (non-hydrogen) atoms. The highest BCUT2D eigenvalue weighted by molar-refractivity contribution is 5.85. The van der Waals surface area contributed by atoms with Gasteiger partial charge in [0.25, 0.3) is 0 Å². The normalized spacial score (nSPS) is 19.3. The molecule has 0 aromatic rings. The number of nitrogens with one attached hydrogen (secondary N) is 1. The van der Waals surface area contributed by atoms with Crippen LogP contribution in [-0.2, 0) is 4.79 Å². The molecule has 1 saturated heterocycles. The number of hydrogen-bond donors (Lipinski definition) is 2. The molecule has 4 nitrogen and oxygen atoms in total. The van der Waals surface area contributed by atoms with Gasteiger partial charge in [0.05, 0.1) is 5.54 Å². The zero-order valence-electron chi connectivity index (χ0n) is 9.92. The number of likely N-dealkylation sites (tertiary alicyclic amines) is 1. The van der Waals surface area contributed by atoms with Crippen molar-refractivity contribution >= 4 is 5.91 Å². The van der Waals surface area contributed by atoms with Crippen LogP contribution in [0, 0.1) is 5.92 Å². The second-order valence-electron chi connectivity index (χ2n) is 4.79. The van der Waals surface area contributed by atoms with E-state index in [1.165, 1.54) is 0 Å². The van der Waals surface area contributed by atoms with Gasteiger partial charge < -0.3 is 15.3 Å². The summed E-state index contributed by atoms with van der Waals surface area (Å²) < 4.78 is 0. The molecule has 1 rings (SSSR count). The van der Waals surface area contributed by atoms with Gasteiger partial charge in [-0.3, -0.25) is 4.79 Å². The Labute approximate surface area is 91.6 Å². The first kappa shape index (κ1) is 12.5. The minimum atomic E-state index is -0.480. The average molecular weight is 214 g/mol. The van der Waals surface area contributed by atoms with Gasteiger partial charge in [-0.25, -0.2) is 0 Å². The van der Waals surface area contributed by atoms with Crippen LogP contribution in [-0.4, -0.2) is 48.2 Å². The van der Waals surface area contributed by atoms with Crippen LogP contribution in [0.3, 0.4) is 0 Å². The molecule has 1 amide bonds. The van der Waals surface area contributed by atoms with Crippen LogP contribution in [0.4, 0.5) is 0 Å². The van der Waals surface area contributed by atoms with Crippen LogP contribution in [0.25, 0.3) is 0 Å². The SMILES string of the molecule is CNC(C)(C)C(=O)N1CCC(CO)CC1. The van der Waals surface area contributed by atoms with Crippen LogP contribution in [0.2, 0.25) is 0 Å². The monoisotopic (exact) mass is 214 g/mol. The average Bonchev–Trinajstić information content (AvgIpc) is 2.28. The molecule has 0 unspecified atom stereocenters. The van der Waals surface area contributed by atoms with Crippen molar-refractivity contribution in [2.75, 3.05) is 26.7 Å². The first-order chi connectivity index (χ1) is 7.01. The van der Waals surface area contributed by atoms with Gasteiger partial charge in [0.1, 0.15) is 0 Å². The molecule has 0 bridgehead atoms. The molecule has 4 heteroatoms. The number of carbonyl (C=O) groups excluding carboxylic acids is 1. The second kappa shape index (κ2) is 4.94. The van der Waals surface area contributed by atoms with Crippen molar-refractivity contribution in [1.29, 1.82) is 0 Å². The summed E-state index contributed by atoms with van der Waals surface area (Å²) in [5, 5.41) is 12.0. The minimum Gasteiger partial charge on any atom is -0.396 e. The summed E-state index contributed by atoms with van der Waals surface area (Å²) in [6, 6.07) is 0. The Morgan fingerprint density at radius 2 is 2.00 bits per heavy atom. The van der Waals surface area contributed by atoms with E-state index in [1.807, 2.05) is 18.7 Å². The molecule has 1 fully saturated rings. The number of hydrogen-bond acceptors (Lipinski definition) is 3. The van der Waals surface area contributed by atoms with Gasteiger partial charge in [0.15, 0.2) is 0 Å². The molecule has 1 aliphatic rings. The lowest BCUT2D eigenvalue weighted by Crippen LogP contribution is -2.54. The number of aliphatic hydroxyl groups is 1. The molecule has 1 heterocycles. The highest BCUT2D eigenvalue weighted by Crippen LogP contribution is 2.19. The lowest BCUT2D eigenvalue weighted by molar-refractivity contribution is -0.138. The van der Waals surface area contributed by atoms with Crippen LogP contribution in [0.5, 0.6) is 0 Å². The van der Waals surface area contributed by atoms with Crippen molar-refractivity contribution in [3.63, 3.8) is 0 Å². The standard InChI is InChI=1S/C11H22N2O2/c1-11(2,12-3)10(15)13-6-4-9(8-14)5-7-13/h9,12,14H,4-8H2,1-3H3. The zero-order chi connectivity index (χ0) is 11.5. The molecule has 2 N–H and O–H groups in total. The number of piperidine rings is 1. The first-order valence-corrected chi connectivity index (χ1v) is 5.60. The summed E-state index contributed by atoms with van der Waals surface area (Å²) in [6.07, 6.45) is 1.84. The number of carbonyl (C=O) groups is 1. The molecule has 0 aromatic carbocycles. The maximum absolute atomic E-state index is 12.0. The Balaban J connectivity index is 2.50. The molecule has 0 saturated carbocycles. The predicted octanol–water partition coefficient (Wildman–Crippen LogP) is 0.215. The van der Waals surface area contributed by atoms with Crippen LogP contribution >= 0.6 is 0 Å². The van der Waals surface area contributed by atoms with Gasteiger partial charge in [-0.1, -0.05) is 0 Å². The molecule has 0 radical (unpaired) electrons. The molecular formula is C11H22N2O2. The van der Waals surface area contributed by atoms with E-state index in [0.717, 1.165) is 25.9 Å². The quantitative estimate of drug-likeness (QED) is 0.706. The molecule has 0 aromatic heterocycles. The number of rotatable bonds is 3. The molecule has 0 spiro atoms.